The Morgan fingerprint density at radius 3 is 2.73 bits per heavy atom. The molecule has 4 heteroatoms. The first kappa shape index (κ1) is 15.0. The van der Waals surface area contributed by atoms with Crippen LogP contribution in [0.1, 0.15) is 35.6 Å². The predicted octanol–water partition coefficient (Wildman–Crippen LogP) is 3.41. The van der Waals surface area contributed by atoms with E-state index in [0.717, 1.165) is 31.6 Å². The molecule has 1 aliphatic heterocycles. The summed E-state index contributed by atoms with van der Waals surface area (Å²) >= 11 is 0. The minimum absolute atomic E-state index is 0.258. The first-order chi connectivity index (χ1) is 10.7. The van der Waals surface area contributed by atoms with Gasteiger partial charge in [-0.25, -0.2) is 4.39 Å². The summed E-state index contributed by atoms with van der Waals surface area (Å²) in [4.78, 5) is 6.33. The first-order valence-electron chi connectivity index (χ1n) is 7.75. The lowest BCUT2D eigenvalue weighted by Gasteiger charge is -2.34. The van der Waals surface area contributed by atoms with Gasteiger partial charge in [0.1, 0.15) is 0 Å². The molecule has 0 unspecified atom stereocenters. The Bertz CT molecular complexity index is 651. The molecule has 0 spiro atoms. The molecular formula is C18H21FN2O. The number of anilines is 1. The fraction of sp³-hybridized carbons (Fsp3) is 0.389. The van der Waals surface area contributed by atoms with Gasteiger partial charge in [0.05, 0.1) is 12.3 Å². The Balaban J connectivity index is 1.72. The minimum atomic E-state index is -0.289. The van der Waals surface area contributed by atoms with Crippen molar-refractivity contribution in [3.8, 4) is 0 Å². The SMILES string of the molecule is Cc1cc(C2CCN(c3cccc(CO)c3F)CC2)ccn1. The van der Waals surface area contributed by atoms with Gasteiger partial charge in [0.2, 0.25) is 0 Å². The van der Waals surface area contributed by atoms with Crippen LogP contribution in [0.5, 0.6) is 0 Å². The van der Waals surface area contributed by atoms with Gasteiger partial charge in [-0.2, -0.15) is 0 Å². The summed E-state index contributed by atoms with van der Waals surface area (Å²) in [6, 6.07) is 9.46. The van der Waals surface area contributed by atoms with Crippen molar-refractivity contribution >= 4 is 5.69 Å². The van der Waals surface area contributed by atoms with Crippen molar-refractivity contribution < 1.29 is 9.50 Å². The topological polar surface area (TPSA) is 36.4 Å². The largest absolute Gasteiger partial charge is 0.392 e. The number of benzene rings is 1. The average Bonchev–Trinajstić information content (AvgIpc) is 2.55. The van der Waals surface area contributed by atoms with E-state index in [-0.39, 0.29) is 12.4 Å². The second-order valence-electron chi connectivity index (χ2n) is 5.90. The Morgan fingerprint density at radius 1 is 1.27 bits per heavy atom. The zero-order valence-electron chi connectivity index (χ0n) is 12.8. The second-order valence-corrected chi connectivity index (χ2v) is 5.90. The number of hydrogen-bond acceptors (Lipinski definition) is 3. The Labute approximate surface area is 130 Å². The summed E-state index contributed by atoms with van der Waals surface area (Å²) in [7, 11) is 0. The highest BCUT2D eigenvalue weighted by Crippen LogP contribution is 2.32. The highest BCUT2D eigenvalue weighted by Gasteiger charge is 2.23. The zero-order valence-corrected chi connectivity index (χ0v) is 12.8. The Hall–Kier alpha value is -1.94. The highest BCUT2D eigenvalue weighted by atomic mass is 19.1. The van der Waals surface area contributed by atoms with Crippen molar-refractivity contribution in [3.63, 3.8) is 0 Å². The lowest BCUT2D eigenvalue weighted by atomic mass is 9.89. The molecule has 0 bridgehead atoms. The van der Waals surface area contributed by atoms with Crippen molar-refractivity contribution in [2.24, 2.45) is 0 Å². The molecule has 1 saturated heterocycles. The maximum absolute atomic E-state index is 14.3. The number of nitrogens with zero attached hydrogens (tertiary/aromatic N) is 2. The third kappa shape index (κ3) is 2.97. The number of aromatic nitrogens is 1. The summed E-state index contributed by atoms with van der Waals surface area (Å²) in [6.45, 7) is 3.41. The summed E-state index contributed by atoms with van der Waals surface area (Å²) in [5, 5.41) is 9.19. The van der Waals surface area contributed by atoms with Crippen molar-refractivity contribution in [1.82, 2.24) is 4.98 Å². The number of halogens is 1. The lowest BCUT2D eigenvalue weighted by Crippen LogP contribution is -2.33. The van der Waals surface area contributed by atoms with E-state index in [1.165, 1.54) is 5.56 Å². The van der Waals surface area contributed by atoms with Gasteiger partial charge in [-0.3, -0.25) is 4.98 Å². The molecule has 1 fully saturated rings. The van der Waals surface area contributed by atoms with Gasteiger partial charge in [-0.15, -0.1) is 0 Å². The number of rotatable bonds is 3. The molecule has 1 aromatic heterocycles. The monoisotopic (exact) mass is 300 g/mol. The maximum Gasteiger partial charge on any atom is 0.151 e. The molecule has 3 rings (SSSR count). The van der Waals surface area contributed by atoms with Crippen LogP contribution in [0.25, 0.3) is 0 Å². The van der Waals surface area contributed by atoms with Crippen LogP contribution in [-0.4, -0.2) is 23.2 Å². The minimum Gasteiger partial charge on any atom is -0.392 e. The number of piperidine rings is 1. The molecule has 2 aromatic rings. The average molecular weight is 300 g/mol. The van der Waals surface area contributed by atoms with Crippen LogP contribution in [0, 0.1) is 12.7 Å². The van der Waals surface area contributed by atoms with E-state index < -0.39 is 0 Å². The van der Waals surface area contributed by atoms with Crippen LogP contribution in [0.4, 0.5) is 10.1 Å². The predicted molar refractivity (Wildman–Crippen MR) is 85.5 cm³/mol. The van der Waals surface area contributed by atoms with Gasteiger partial charge in [0, 0.05) is 30.5 Å². The molecule has 0 atom stereocenters. The standard InChI is InChI=1S/C18H21FN2O/c1-13-11-15(5-8-20-13)14-6-9-21(10-7-14)17-4-2-3-16(12-22)18(17)19/h2-5,8,11,14,22H,6-7,9-10,12H2,1H3. The summed E-state index contributed by atoms with van der Waals surface area (Å²) in [5.74, 6) is 0.227. The molecule has 0 aliphatic carbocycles. The quantitative estimate of drug-likeness (QED) is 0.943. The smallest absolute Gasteiger partial charge is 0.151 e. The lowest BCUT2D eigenvalue weighted by molar-refractivity contribution is 0.275. The van der Waals surface area contributed by atoms with Crippen LogP contribution >= 0.6 is 0 Å². The van der Waals surface area contributed by atoms with Crippen molar-refractivity contribution in [2.45, 2.75) is 32.3 Å². The van der Waals surface area contributed by atoms with Crippen LogP contribution in [0.2, 0.25) is 0 Å². The molecule has 2 heterocycles. The van der Waals surface area contributed by atoms with E-state index in [0.29, 0.717) is 17.2 Å². The second kappa shape index (κ2) is 6.44. The van der Waals surface area contributed by atoms with E-state index >= 15 is 0 Å². The fourth-order valence-electron chi connectivity index (χ4n) is 3.21. The third-order valence-corrected chi connectivity index (χ3v) is 4.46. The first-order valence-corrected chi connectivity index (χ1v) is 7.75. The number of aliphatic hydroxyl groups excluding tert-OH is 1. The van der Waals surface area contributed by atoms with Crippen molar-refractivity contribution in [2.75, 3.05) is 18.0 Å². The van der Waals surface area contributed by atoms with Gasteiger partial charge in [0.25, 0.3) is 0 Å². The Kier molecular flexibility index (Phi) is 4.39. The van der Waals surface area contributed by atoms with E-state index in [1.807, 2.05) is 19.2 Å². The van der Waals surface area contributed by atoms with Gasteiger partial charge >= 0.3 is 0 Å². The molecule has 0 radical (unpaired) electrons. The van der Waals surface area contributed by atoms with E-state index in [2.05, 4.69) is 22.0 Å². The molecule has 1 N–H and O–H groups in total. The van der Waals surface area contributed by atoms with Gasteiger partial charge in [-0.05, 0) is 49.4 Å². The molecule has 116 valence electrons. The fourth-order valence-corrected chi connectivity index (χ4v) is 3.21. The van der Waals surface area contributed by atoms with E-state index in [4.69, 9.17) is 0 Å². The molecule has 3 nitrogen and oxygen atoms in total. The number of pyridine rings is 1. The Morgan fingerprint density at radius 2 is 2.05 bits per heavy atom. The van der Waals surface area contributed by atoms with Gasteiger partial charge in [0.15, 0.2) is 5.82 Å². The molecule has 0 amide bonds. The van der Waals surface area contributed by atoms with Crippen LogP contribution < -0.4 is 4.90 Å². The van der Waals surface area contributed by atoms with Gasteiger partial charge in [-0.1, -0.05) is 12.1 Å². The molecular weight excluding hydrogens is 279 g/mol. The summed E-state index contributed by atoms with van der Waals surface area (Å²) < 4.78 is 14.3. The van der Waals surface area contributed by atoms with Crippen LogP contribution in [-0.2, 0) is 6.61 Å². The van der Waals surface area contributed by atoms with Crippen LogP contribution in [0.15, 0.2) is 36.5 Å². The number of aryl methyl sites for hydroxylation is 1. The van der Waals surface area contributed by atoms with E-state index in [9.17, 15) is 9.50 Å². The molecule has 0 saturated carbocycles. The molecule has 1 aliphatic rings. The maximum atomic E-state index is 14.3. The van der Waals surface area contributed by atoms with Crippen molar-refractivity contribution in [3.05, 3.63) is 59.2 Å². The normalized spacial score (nSPS) is 16.0. The van der Waals surface area contributed by atoms with Crippen LogP contribution in [0.3, 0.4) is 0 Å². The third-order valence-electron chi connectivity index (χ3n) is 4.46. The number of hydrogen-bond donors (Lipinski definition) is 1. The summed E-state index contributed by atoms with van der Waals surface area (Å²) in [6.07, 6.45) is 3.87. The molecule has 1 aromatic carbocycles. The van der Waals surface area contributed by atoms with Crippen molar-refractivity contribution in [1.29, 1.82) is 0 Å². The van der Waals surface area contributed by atoms with E-state index in [1.54, 1.807) is 12.1 Å². The molecule has 22 heavy (non-hydrogen) atoms. The highest BCUT2D eigenvalue weighted by molar-refractivity contribution is 5.51. The zero-order chi connectivity index (χ0) is 15.5. The summed E-state index contributed by atoms with van der Waals surface area (Å²) in [5.41, 5.74) is 3.35. The van der Waals surface area contributed by atoms with Gasteiger partial charge < -0.3 is 10.0 Å². The number of aliphatic hydroxyl groups is 1.